The first-order valence-electron chi connectivity index (χ1n) is 8.35. The van der Waals surface area contributed by atoms with Gasteiger partial charge in [0.25, 0.3) is 5.91 Å². The Morgan fingerprint density at radius 2 is 2.17 bits per heavy atom. The molecule has 6 heteroatoms. The minimum atomic E-state index is -0.593. The maximum absolute atomic E-state index is 12.1. The number of carbonyl (C=O) groups is 2. The van der Waals surface area contributed by atoms with E-state index in [0.717, 1.165) is 16.3 Å². The van der Waals surface area contributed by atoms with Gasteiger partial charge in [-0.2, -0.15) is 0 Å². The lowest BCUT2D eigenvalue weighted by molar-refractivity contribution is -0.125. The molecule has 130 valence electrons. The van der Waals surface area contributed by atoms with Crippen LogP contribution in [0.1, 0.15) is 43.0 Å². The van der Waals surface area contributed by atoms with Gasteiger partial charge >= 0.3 is 5.97 Å². The Morgan fingerprint density at radius 3 is 2.83 bits per heavy atom. The summed E-state index contributed by atoms with van der Waals surface area (Å²) in [6.45, 7) is 1.77. The molecule has 1 N–H and O–H groups in total. The van der Waals surface area contributed by atoms with E-state index in [0.29, 0.717) is 10.9 Å². The van der Waals surface area contributed by atoms with E-state index < -0.39 is 5.97 Å². The highest BCUT2D eigenvalue weighted by Crippen LogP contribution is 2.49. The average Bonchev–Trinajstić information content (AvgIpc) is 3.18. The van der Waals surface area contributed by atoms with Crippen molar-refractivity contribution in [2.24, 2.45) is 17.8 Å². The summed E-state index contributed by atoms with van der Waals surface area (Å²) < 4.78 is 5.82. The molecule has 1 aromatic carbocycles. The van der Waals surface area contributed by atoms with Crippen LogP contribution < -0.4 is 5.32 Å². The van der Waals surface area contributed by atoms with Crippen LogP contribution in [0.3, 0.4) is 0 Å². The van der Waals surface area contributed by atoms with Crippen LogP contribution in [0.4, 0.5) is 0 Å². The Kier molecular flexibility index (Phi) is 5.50. The van der Waals surface area contributed by atoms with Crippen molar-refractivity contribution in [2.75, 3.05) is 6.61 Å². The van der Waals surface area contributed by atoms with E-state index in [-0.39, 0.29) is 24.1 Å². The molecule has 4 nitrogen and oxygen atoms in total. The van der Waals surface area contributed by atoms with Gasteiger partial charge in [-0.1, -0.05) is 34.0 Å². The molecule has 3 rings (SSSR count). The van der Waals surface area contributed by atoms with E-state index in [4.69, 9.17) is 16.3 Å². The highest BCUT2D eigenvalue weighted by atomic mass is 79.9. The third-order valence-electron chi connectivity index (χ3n) is 5.31. The number of carbonyl (C=O) groups excluding carboxylic acids is 2. The Bertz CT molecular complexity index is 651. The third-order valence-corrected chi connectivity index (χ3v) is 6.13. The first-order valence-corrected chi connectivity index (χ1v) is 9.52. The standard InChI is InChI=1S/C18H21BrClNO3/c1-10(14-7-11-2-3-12(14)6-11)21-17(22)9-24-18(23)15-8-13(19)4-5-16(15)20/h4-5,8,10-12,14H,2-3,6-7,9H2,1H3,(H,21,22)/t10-,11-,12-,14+/m0/s1. The van der Waals surface area contributed by atoms with Gasteiger partial charge < -0.3 is 10.1 Å². The molecule has 2 fully saturated rings. The summed E-state index contributed by atoms with van der Waals surface area (Å²) in [7, 11) is 0. The molecule has 24 heavy (non-hydrogen) atoms. The number of benzene rings is 1. The summed E-state index contributed by atoms with van der Waals surface area (Å²) in [4.78, 5) is 24.1. The lowest BCUT2D eigenvalue weighted by Crippen LogP contribution is -2.42. The van der Waals surface area contributed by atoms with Gasteiger partial charge in [-0.3, -0.25) is 4.79 Å². The minimum Gasteiger partial charge on any atom is -0.452 e. The lowest BCUT2D eigenvalue weighted by Gasteiger charge is -2.28. The second kappa shape index (κ2) is 7.44. The highest BCUT2D eigenvalue weighted by molar-refractivity contribution is 9.10. The van der Waals surface area contributed by atoms with E-state index >= 15 is 0 Å². The molecule has 2 saturated carbocycles. The summed E-state index contributed by atoms with van der Waals surface area (Å²) in [5.74, 6) is 1.29. The van der Waals surface area contributed by atoms with E-state index in [1.54, 1.807) is 18.2 Å². The fourth-order valence-electron chi connectivity index (χ4n) is 4.17. The second-order valence-corrected chi connectivity index (χ2v) is 8.22. The van der Waals surface area contributed by atoms with Crippen molar-refractivity contribution in [1.82, 2.24) is 5.32 Å². The molecule has 0 aliphatic heterocycles. The smallest absolute Gasteiger partial charge is 0.340 e. The number of rotatable bonds is 5. The number of hydrogen-bond acceptors (Lipinski definition) is 3. The number of fused-ring (bicyclic) bond motifs is 2. The van der Waals surface area contributed by atoms with Crippen molar-refractivity contribution >= 4 is 39.4 Å². The van der Waals surface area contributed by atoms with Gasteiger partial charge in [0.1, 0.15) is 0 Å². The predicted molar refractivity (Wildman–Crippen MR) is 96.0 cm³/mol. The Labute approximate surface area is 155 Å². The van der Waals surface area contributed by atoms with Gasteiger partial charge in [0.05, 0.1) is 10.6 Å². The highest BCUT2D eigenvalue weighted by Gasteiger charge is 2.42. The molecular weight excluding hydrogens is 394 g/mol. The zero-order valence-electron chi connectivity index (χ0n) is 13.6. The van der Waals surface area contributed by atoms with E-state index in [1.807, 2.05) is 0 Å². The largest absolute Gasteiger partial charge is 0.452 e. The second-order valence-electron chi connectivity index (χ2n) is 6.90. The van der Waals surface area contributed by atoms with Crippen molar-refractivity contribution < 1.29 is 14.3 Å². The summed E-state index contributed by atoms with van der Waals surface area (Å²) in [6, 6.07) is 5.06. The fourth-order valence-corrected chi connectivity index (χ4v) is 4.73. The number of halogens is 2. The number of esters is 1. The van der Waals surface area contributed by atoms with Crippen molar-refractivity contribution in [3.8, 4) is 0 Å². The van der Waals surface area contributed by atoms with Gasteiger partial charge in [-0.05, 0) is 62.1 Å². The van der Waals surface area contributed by atoms with E-state index in [2.05, 4.69) is 28.2 Å². The van der Waals surface area contributed by atoms with Crippen molar-refractivity contribution in [3.05, 3.63) is 33.3 Å². The molecule has 2 aliphatic rings. The van der Waals surface area contributed by atoms with E-state index in [9.17, 15) is 9.59 Å². The Morgan fingerprint density at radius 1 is 1.38 bits per heavy atom. The molecule has 2 aliphatic carbocycles. The van der Waals surface area contributed by atoms with Crippen LogP contribution in [-0.4, -0.2) is 24.5 Å². The van der Waals surface area contributed by atoms with Crippen molar-refractivity contribution in [2.45, 2.75) is 38.6 Å². The quantitative estimate of drug-likeness (QED) is 0.735. The van der Waals surface area contributed by atoms with Gasteiger partial charge in [0, 0.05) is 10.5 Å². The topological polar surface area (TPSA) is 55.4 Å². The average molecular weight is 415 g/mol. The zero-order valence-corrected chi connectivity index (χ0v) is 15.9. The Hall–Kier alpha value is -1.07. The van der Waals surface area contributed by atoms with Gasteiger partial charge in [0.15, 0.2) is 6.61 Å². The zero-order chi connectivity index (χ0) is 17.3. The molecule has 0 spiro atoms. The van der Waals surface area contributed by atoms with Crippen LogP contribution in [0.25, 0.3) is 0 Å². The third kappa shape index (κ3) is 3.94. The summed E-state index contributed by atoms with van der Waals surface area (Å²) in [5.41, 5.74) is 0.250. The van der Waals surface area contributed by atoms with Crippen molar-refractivity contribution in [3.63, 3.8) is 0 Å². The molecule has 0 heterocycles. The molecule has 0 unspecified atom stereocenters. The van der Waals surface area contributed by atoms with Crippen LogP contribution in [0, 0.1) is 17.8 Å². The minimum absolute atomic E-state index is 0.126. The van der Waals surface area contributed by atoms with Gasteiger partial charge in [0.2, 0.25) is 0 Å². The molecular formula is C18H21BrClNO3. The van der Waals surface area contributed by atoms with Crippen molar-refractivity contribution in [1.29, 1.82) is 0 Å². The predicted octanol–water partition coefficient (Wildman–Crippen LogP) is 4.20. The first-order chi connectivity index (χ1) is 11.4. The lowest BCUT2D eigenvalue weighted by atomic mass is 9.84. The molecule has 4 atom stereocenters. The number of hydrogen-bond donors (Lipinski definition) is 1. The van der Waals surface area contributed by atoms with Gasteiger partial charge in [-0.15, -0.1) is 0 Å². The normalized spacial score (nSPS) is 26.2. The maximum atomic E-state index is 12.1. The van der Waals surface area contributed by atoms with Crippen LogP contribution in [0.5, 0.6) is 0 Å². The number of ether oxygens (including phenoxy) is 1. The number of nitrogens with one attached hydrogen (secondary N) is 1. The molecule has 0 aromatic heterocycles. The maximum Gasteiger partial charge on any atom is 0.340 e. The summed E-state index contributed by atoms with van der Waals surface area (Å²) in [6.07, 6.45) is 5.14. The number of amides is 1. The van der Waals surface area contributed by atoms with Gasteiger partial charge in [-0.25, -0.2) is 4.79 Å². The van der Waals surface area contributed by atoms with Crippen LogP contribution in [0.15, 0.2) is 22.7 Å². The first kappa shape index (κ1) is 17.7. The summed E-state index contributed by atoms with van der Waals surface area (Å²) in [5, 5.41) is 3.29. The van der Waals surface area contributed by atoms with Crippen LogP contribution in [-0.2, 0) is 9.53 Å². The SMILES string of the molecule is C[C@H](NC(=O)COC(=O)c1cc(Br)ccc1Cl)[C@H]1C[C@H]2CC[C@H]1C2. The van der Waals surface area contributed by atoms with Crippen LogP contribution in [0.2, 0.25) is 5.02 Å². The monoisotopic (exact) mass is 413 g/mol. The Balaban J connectivity index is 1.48. The molecule has 2 bridgehead atoms. The molecule has 1 aromatic rings. The summed E-state index contributed by atoms with van der Waals surface area (Å²) >= 11 is 9.28. The van der Waals surface area contributed by atoms with Crippen LogP contribution >= 0.6 is 27.5 Å². The molecule has 1 amide bonds. The fraction of sp³-hybridized carbons (Fsp3) is 0.556. The molecule has 0 radical (unpaired) electrons. The van der Waals surface area contributed by atoms with E-state index in [1.165, 1.54) is 25.7 Å². The molecule has 0 saturated heterocycles.